The minimum atomic E-state index is 0. The summed E-state index contributed by atoms with van der Waals surface area (Å²) in [6, 6.07) is 45.3. The molecular formula is C100H163N5V35. The average Bonchev–Trinajstić information content (AvgIpc) is 1.06. The Hall–Kier alpha value is 13.7. The molecule has 0 N–H and O–H groups in total. The number of aromatic nitrogens is 5. The van der Waals surface area contributed by atoms with Crippen LogP contribution < -0.4 is 0 Å². The van der Waals surface area contributed by atoms with Crippen LogP contribution in [0, 0.1) is 174 Å². The van der Waals surface area contributed by atoms with Crippen LogP contribution in [0.1, 0.15) is 330 Å². The van der Waals surface area contributed by atoms with Gasteiger partial charge in [0.2, 0.25) is 0 Å². The van der Waals surface area contributed by atoms with Crippen LogP contribution in [0.4, 0.5) is 0 Å². The summed E-state index contributed by atoms with van der Waals surface area (Å²) in [5.41, 5.74) is 6.40. The molecule has 2 aromatic carbocycles. The van der Waals surface area contributed by atoms with Crippen LogP contribution in [0.5, 0.6) is 0 Å². The third-order valence-electron chi connectivity index (χ3n) is 4.92. The van der Waals surface area contributed by atoms with Gasteiger partial charge in [-0.25, -0.2) is 42.9 Å². The fraction of sp³-hybridized carbons (Fsp3) is 0.420. The molecule has 5 nitrogen and oxygen atoms in total. The fourth-order valence-electron chi connectivity index (χ4n) is 2.61. The predicted molar refractivity (Wildman–Crippen MR) is 481 cm³/mol. The molecule has 763 valence electrons. The fourth-order valence-corrected chi connectivity index (χ4v) is 2.61. The van der Waals surface area contributed by atoms with Crippen molar-refractivity contribution in [2.75, 3.05) is 0 Å². The van der Waals surface area contributed by atoms with E-state index < -0.39 is 0 Å². The number of rotatable bonds is 0. The zero-order valence-corrected chi connectivity index (χ0v) is 141. The van der Waals surface area contributed by atoms with Gasteiger partial charge in [0.05, 0.1) is 0 Å². The molecule has 5 aromatic heterocycles. The van der Waals surface area contributed by atoms with Crippen molar-refractivity contribution in [1.82, 2.24) is 24.9 Å². The van der Waals surface area contributed by atoms with E-state index in [1.165, 1.54) is 82.9 Å². The van der Waals surface area contributed by atoms with E-state index in [4.69, 9.17) is 0 Å². The van der Waals surface area contributed by atoms with Gasteiger partial charge in [-0.3, -0.25) is 64.1 Å². The minimum absolute atomic E-state index is 0. The Labute approximate surface area is 1300 Å². The van der Waals surface area contributed by atoms with Gasteiger partial charge >= 0.3 is 260 Å². The second kappa shape index (κ2) is 282. The van der Waals surface area contributed by atoms with Gasteiger partial charge in [-0.2, -0.15) is 370 Å². The average molecular weight is 3220 g/mol. The molecule has 140 heavy (non-hydrogen) atoms. The molecule has 0 aliphatic rings. The Kier molecular flexibility index (Phi) is 658. The first-order valence-electron chi connectivity index (χ1n) is 35.5. The van der Waals surface area contributed by atoms with Crippen molar-refractivity contribution < 1.29 is 649 Å². The van der Waals surface area contributed by atoms with Gasteiger partial charge in [-0.15, -0.1) is 18.1 Å². The summed E-state index contributed by atoms with van der Waals surface area (Å²) in [5, 5.41) is 0. The van der Waals surface area contributed by atoms with Crippen molar-refractivity contribution >= 4 is 0 Å². The normalized spacial score (nSPS) is 6.60. The maximum Gasteiger partial charge on any atom is 2.00 e. The molecule has 40 heteroatoms. The van der Waals surface area contributed by atoms with E-state index in [0.29, 0.717) is 0 Å². The Morgan fingerprint density at radius 1 is 0.186 bits per heavy atom. The van der Waals surface area contributed by atoms with Crippen molar-refractivity contribution in [3.8, 4) is 0 Å². The molecule has 35 radical (unpaired) electrons. The molecule has 0 aliphatic carbocycles. The Morgan fingerprint density at radius 3 is 0.536 bits per heavy atom. The van der Waals surface area contributed by atoms with E-state index in [2.05, 4.69) is 407 Å². The zero-order chi connectivity index (χ0) is 85.9. The monoisotopic (exact) mass is 3220 g/mol. The summed E-state index contributed by atoms with van der Waals surface area (Å²) < 4.78 is 0. The van der Waals surface area contributed by atoms with Crippen LogP contribution in [0.3, 0.4) is 0 Å². The first-order valence-corrected chi connectivity index (χ1v) is 35.5. The molecule has 0 unspecified atom stereocenters. The van der Waals surface area contributed by atoms with Crippen LogP contribution in [0.25, 0.3) is 0 Å². The van der Waals surface area contributed by atoms with Gasteiger partial charge in [-0.1, -0.05) is 31.0 Å². The van der Waals surface area contributed by atoms with E-state index in [1.807, 2.05) is 60.7 Å². The van der Waals surface area contributed by atoms with Crippen molar-refractivity contribution in [2.24, 2.45) is 0 Å². The maximum atomic E-state index is 3.84. The number of benzene rings is 2. The van der Waals surface area contributed by atoms with Crippen LogP contribution in [-0.4, -0.2) is 24.9 Å². The van der Waals surface area contributed by atoms with Crippen molar-refractivity contribution in [3.05, 3.63) is 354 Å². The molecule has 0 aliphatic heterocycles. The number of pyridine rings is 5. The third kappa shape index (κ3) is 709. The van der Waals surface area contributed by atoms with Crippen LogP contribution >= 0.6 is 0 Å². The summed E-state index contributed by atoms with van der Waals surface area (Å²) in [5.74, 6) is 19.8. The van der Waals surface area contributed by atoms with E-state index >= 15 is 0 Å². The summed E-state index contributed by atoms with van der Waals surface area (Å²) in [4.78, 5) is 18.8. The molecule has 0 fully saturated rings. The van der Waals surface area contributed by atoms with Gasteiger partial charge < -0.3 is 143 Å². The molecule has 7 rings (SSSR count). The molecule has 0 atom stereocenters. The van der Waals surface area contributed by atoms with E-state index in [1.54, 1.807) is 79.6 Å². The molecular weight excluding hydrogens is 3050 g/mol. The SMILES string of the molecule is C[C-](C)C.C[C-](C)C.C[C-](C)C.C[C-](C)C.C[C-](C)C.C[C-](C)C.C[C-](C)C.C[C-](C)C.C[C-](C)C.C[C-](C)C.C[C-](C)C.C[C-](C)C.C[C-](C)C.C[C-](C)C.[CH2-]c1c[c-]ccc1.[CH2-]c1c[c-]ccn1.[CH2-]c1c[c-]cnc1.[CH2-]c1c[c-]ncc1.[CH2-]c1cc[c-]cc1.[CH2-]c1cc[c-]cn1.[CH2-]c1cc[c-]nc1.[V+2].[V+2].[V+2].[V+2].[V+2].[V+2].[V+2].[V+2].[V+2].[V+2].[V+2].[V+2].[V+2].[V+2].[V].[V].[V].[V].[V].[V].[V].[V].[V].[V].[V].[V].[V].[V].[V].[V].[V].[V].[V].[V].[V]. The van der Waals surface area contributed by atoms with Gasteiger partial charge in [-0.05, 0) is 0 Å². The maximum absolute atomic E-state index is 3.84. The predicted octanol–water partition coefficient (Wildman–Crippen LogP) is 31.3. The standard InChI is InChI=1S/2C7H6.5C6H5N.14C4H9.35V/c2*1-7-5-3-2-4-6-7;1-6-2-4-7-5-3-6;2*1-6-3-2-4-7-5-6;2*1-6-4-2-3-5-7-6;14*1-4(2)3;;;;;;;;;;;;;;;;;;;;;;;;;;;;;;;;;;;/h3-6H,1H2;2-3,5-6H,1H2;2-4H,1H2;3-5H,1H2;2-3,5H,1H2;3-5H,1H2;2,4-5H,1H2;14*1-3H3;;;;;;;;;;;;;;;;;;;;;;;;;;;;;;;;;;;/q7*-2;14*-1;;;;;;;;;;;;;;;;;;;;;;14*+2. The van der Waals surface area contributed by atoms with Crippen molar-refractivity contribution in [1.29, 1.82) is 0 Å². The first-order chi connectivity index (χ1) is 48.0. The van der Waals surface area contributed by atoms with Crippen LogP contribution in [-0.2, 0) is 649 Å². The molecule has 0 saturated heterocycles. The zero-order valence-electron chi connectivity index (χ0n) is 92.1. The Bertz CT molecular complexity index is 1920. The molecule has 7 aromatic rings. The Balaban J connectivity index is -0.0000000131. The second-order valence-corrected chi connectivity index (χ2v) is 30.2. The van der Waals surface area contributed by atoms with E-state index in [-0.39, 0.29) is 649 Å². The summed E-state index contributed by atoms with van der Waals surface area (Å²) in [6.07, 6.45) is 15.2. The van der Waals surface area contributed by atoms with Crippen LogP contribution in [0.2, 0.25) is 0 Å². The number of hydrogen-bond donors (Lipinski definition) is 0. The quantitative estimate of drug-likeness (QED) is 0.142. The van der Waals surface area contributed by atoms with Gasteiger partial charge in [0.15, 0.2) is 0 Å². The summed E-state index contributed by atoms with van der Waals surface area (Å²) >= 11 is 0. The van der Waals surface area contributed by atoms with E-state index in [0.717, 1.165) is 39.2 Å². The largest absolute Gasteiger partial charge is 2.00 e. The van der Waals surface area contributed by atoms with Crippen LogP contribution in [0.15, 0.2) is 140 Å². The minimum Gasteiger partial charge on any atom is -0.421 e. The van der Waals surface area contributed by atoms with Crippen molar-refractivity contribution in [2.45, 2.75) is 291 Å². The van der Waals surface area contributed by atoms with Gasteiger partial charge in [0.1, 0.15) is 0 Å². The van der Waals surface area contributed by atoms with Gasteiger partial charge in [0.25, 0.3) is 0 Å². The molecule has 0 bridgehead atoms. The summed E-state index contributed by atoms with van der Waals surface area (Å²) in [6.45, 7) is 113. The number of hydrogen-bond acceptors (Lipinski definition) is 5. The molecule has 0 amide bonds. The molecule has 0 spiro atoms. The third-order valence-corrected chi connectivity index (χ3v) is 4.92. The second-order valence-electron chi connectivity index (χ2n) is 30.2. The van der Waals surface area contributed by atoms with Crippen molar-refractivity contribution in [3.63, 3.8) is 0 Å². The first kappa shape index (κ1) is 327. The van der Waals surface area contributed by atoms with Gasteiger partial charge in [0, 0.05) is 390 Å². The smallest absolute Gasteiger partial charge is 0.421 e. The van der Waals surface area contributed by atoms with E-state index in [9.17, 15) is 0 Å². The molecule has 0 saturated carbocycles. The Morgan fingerprint density at radius 2 is 0.436 bits per heavy atom. The topological polar surface area (TPSA) is 64.5 Å². The summed E-state index contributed by atoms with van der Waals surface area (Å²) in [7, 11) is 0. The number of nitrogens with zero attached hydrogens (tertiary/aromatic N) is 5. The molecule has 5 heterocycles.